The summed E-state index contributed by atoms with van der Waals surface area (Å²) in [5, 5.41) is 12.9. The lowest BCUT2D eigenvalue weighted by Crippen LogP contribution is -2.42. The predicted molar refractivity (Wildman–Crippen MR) is 155 cm³/mol. The Morgan fingerprint density at radius 1 is 1.20 bits per heavy atom. The lowest BCUT2D eigenvalue weighted by atomic mass is 9.87. The van der Waals surface area contributed by atoms with Gasteiger partial charge in [-0.1, -0.05) is 30.7 Å². The molecule has 2 saturated heterocycles. The minimum atomic E-state index is -0.125. The van der Waals surface area contributed by atoms with Gasteiger partial charge < -0.3 is 19.1 Å². The smallest absolute Gasteiger partial charge is 0.309 e. The first-order valence-corrected chi connectivity index (χ1v) is 14.7. The van der Waals surface area contributed by atoms with Crippen molar-refractivity contribution in [2.75, 3.05) is 51.4 Å². The van der Waals surface area contributed by atoms with E-state index >= 15 is 0 Å². The van der Waals surface area contributed by atoms with Crippen molar-refractivity contribution in [3.05, 3.63) is 64.0 Å². The number of piperidine rings is 1. The molecule has 0 amide bonds. The number of anilines is 1. The van der Waals surface area contributed by atoms with E-state index in [1.807, 2.05) is 24.3 Å². The van der Waals surface area contributed by atoms with Crippen molar-refractivity contribution in [2.24, 2.45) is 11.8 Å². The van der Waals surface area contributed by atoms with Gasteiger partial charge in [0.25, 0.3) is 0 Å². The number of rotatable bonds is 8. The molecule has 0 N–H and O–H groups in total. The summed E-state index contributed by atoms with van der Waals surface area (Å²) >= 11 is 1.61. The van der Waals surface area contributed by atoms with E-state index in [1.54, 1.807) is 11.3 Å². The minimum Gasteiger partial charge on any atom is -0.488 e. The molecule has 9 heteroatoms. The number of ether oxygens (including phenoxy) is 3. The zero-order valence-electron chi connectivity index (χ0n) is 23.4. The number of aromatic nitrogens is 1. The van der Waals surface area contributed by atoms with Gasteiger partial charge in [-0.2, -0.15) is 5.26 Å². The number of nitriles is 1. The molecule has 8 nitrogen and oxygen atoms in total. The van der Waals surface area contributed by atoms with E-state index in [4.69, 9.17) is 19.2 Å². The summed E-state index contributed by atoms with van der Waals surface area (Å²) in [7, 11) is 1.46. The van der Waals surface area contributed by atoms with Crippen molar-refractivity contribution in [1.29, 1.82) is 5.26 Å². The monoisotopic (exact) mass is 560 g/mol. The standard InChI is InChI=1S/C31H36N4O4S/c1-21-4-7-29(39-19-24-6-5-23(15-25(24)16-32)18-34-10-12-38-13-11-34)27(14-21)28-20-40-31(33-28)35-9-8-26(22(2)17-35)30(36)37-3/h4-7,14-15,20,22,26H,8-13,17-19H2,1-3H3/t22-,26+/m0/s1. The number of hydrogen-bond acceptors (Lipinski definition) is 9. The number of hydrogen-bond donors (Lipinski definition) is 0. The van der Waals surface area contributed by atoms with Crippen LogP contribution in [-0.2, 0) is 27.4 Å². The molecule has 0 spiro atoms. The van der Waals surface area contributed by atoms with Crippen LogP contribution in [0.5, 0.6) is 5.75 Å². The Morgan fingerprint density at radius 3 is 2.77 bits per heavy atom. The van der Waals surface area contributed by atoms with Crippen LogP contribution in [0.4, 0.5) is 5.13 Å². The summed E-state index contributed by atoms with van der Waals surface area (Å²) in [5.41, 5.74) is 5.54. The highest BCUT2D eigenvalue weighted by Gasteiger charge is 2.33. The molecule has 40 heavy (non-hydrogen) atoms. The molecular formula is C31H36N4O4S. The van der Waals surface area contributed by atoms with E-state index in [9.17, 15) is 10.1 Å². The molecule has 0 bridgehead atoms. The molecule has 5 rings (SSSR count). The predicted octanol–water partition coefficient (Wildman–Crippen LogP) is 5.04. The van der Waals surface area contributed by atoms with Gasteiger partial charge in [0.15, 0.2) is 5.13 Å². The first-order valence-electron chi connectivity index (χ1n) is 13.8. The number of carbonyl (C=O) groups is 1. The Labute approximate surface area is 240 Å². The van der Waals surface area contributed by atoms with Crippen molar-refractivity contribution in [3.8, 4) is 23.1 Å². The number of esters is 1. The van der Waals surface area contributed by atoms with Crippen molar-refractivity contribution in [1.82, 2.24) is 9.88 Å². The highest BCUT2D eigenvalue weighted by Crippen LogP contribution is 2.36. The fourth-order valence-electron chi connectivity index (χ4n) is 5.45. The van der Waals surface area contributed by atoms with Crippen LogP contribution in [0, 0.1) is 30.1 Å². The molecule has 0 unspecified atom stereocenters. The van der Waals surface area contributed by atoms with Gasteiger partial charge >= 0.3 is 5.97 Å². The lowest BCUT2D eigenvalue weighted by molar-refractivity contribution is -0.147. The van der Waals surface area contributed by atoms with Crippen molar-refractivity contribution < 1.29 is 19.0 Å². The molecule has 0 aliphatic carbocycles. The summed E-state index contributed by atoms with van der Waals surface area (Å²) in [4.78, 5) is 21.7. The van der Waals surface area contributed by atoms with Gasteiger partial charge in [0.2, 0.25) is 0 Å². The normalized spacial score (nSPS) is 19.7. The molecule has 0 radical (unpaired) electrons. The van der Waals surface area contributed by atoms with Gasteiger partial charge in [0.1, 0.15) is 12.4 Å². The molecule has 2 fully saturated rings. The number of benzene rings is 2. The van der Waals surface area contributed by atoms with Crippen LogP contribution in [0.15, 0.2) is 41.8 Å². The van der Waals surface area contributed by atoms with E-state index in [0.29, 0.717) is 12.2 Å². The van der Waals surface area contributed by atoms with E-state index in [-0.39, 0.29) is 17.8 Å². The number of thiazole rings is 1. The second kappa shape index (κ2) is 12.8. The lowest BCUT2D eigenvalue weighted by Gasteiger charge is -2.35. The highest BCUT2D eigenvalue weighted by atomic mass is 32.1. The Bertz CT molecular complexity index is 1380. The third-order valence-electron chi connectivity index (χ3n) is 7.77. The molecule has 210 valence electrons. The third-order valence-corrected chi connectivity index (χ3v) is 8.67. The summed E-state index contributed by atoms with van der Waals surface area (Å²) in [6.07, 6.45) is 0.758. The largest absolute Gasteiger partial charge is 0.488 e. The Morgan fingerprint density at radius 2 is 2.02 bits per heavy atom. The maximum atomic E-state index is 12.1. The van der Waals surface area contributed by atoms with E-state index < -0.39 is 0 Å². The van der Waals surface area contributed by atoms with Crippen LogP contribution in [0.25, 0.3) is 11.3 Å². The maximum absolute atomic E-state index is 12.1. The van der Waals surface area contributed by atoms with Gasteiger partial charge in [0.05, 0.1) is 43.6 Å². The number of aryl methyl sites for hydroxylation is 1. The molecule has 2 aliphatic rings. The Hall–Kier alpha value is -3.45. The maximum Gasteiger partial charge on any atom is 0.309 e. The van der Waals surface area contributed by atoms with E-state index in [1.165, 1.54) is 7.11 Å². The zero-order valence-corrected chi connectivity index (χ0v) is 24.2. The molecule has 0 saturated carbocycles. The zero-order chi connectivity index (χ0) is 28.1. The van der Waals surface area contributed by atoms with Crippen LogP contribution in [0.3, 0.4) is 0 Å². The van der Waals surface area contributed by atoms with Crippen LogP contribution >= 0.6 is 11.3 Å². The number of methoxy groups -OCH3 is 1. The average molecular weight is 561 g/mol. The van der Waals surface area contributed by atoms with Gasteiger partial charge in [-0.3, -0.25) is 9.69 Å². The second-order valence-electron chi connectivity index (χ2n) is 10.6. The summed E-state index contributed by atoms with van der Waals surface area (Å²) in [5.74, 6) is 0.742. The Balaban J connectivity index is 1.29. The number of nitrogens with zero attached hydrogens (tertiary/aromatic N) is 4. The van der Waals surface area contributed by atoms with Crippen LogP contribution in [-0.4, -0.2) is 62.4 Å². The van der Waals surface area contributed by atoms with Crippen LogP contribution in [0.2, 0.25) is 0 Å². The molecule has 3 heterocycles. The molecule has 1 aromatic heterocycles. The SMILES string of the molecule is COC(=O)[C@@H]1CCN(c2nc(-c3cc(C)ccc3OCc3ccc(CN4CCOCC4)cc3C#N)cs2)C[C@@H]1C. The quantitative estimate of drug-likeness (QED) is 0.354. The fourth-order valence-corrected chi connectivity index (χ4v) is 6.31. The minimum absolute atomic E-state index is 0.0656. The fraction of sp³-hybridized carbons (Fsp3) is 0.452. The van der Waals surface area contributed by atoms with Crippen LogP contribution < -0.4 is 9.64 Å². The van der Waals surface area contributed by atoms with E-state index in [2.05, 4.69) is 47.2 Å². The number of carbonyl (C=O) groups excluding carboxylic acids is 1. The molecule has 2 atom stereocenters. The van der Waals surface area contributed by atoms with E-state index in [0.717, 1.165) is 91.2 Å². The van der Waals surface area contributed by atoms with Gasteiger partial charge in [-0.15, -0.1) is 11.3 Å². The molecule has 3 aromatic rings. The Kier molecular flexibility index (Phi) is 9.00. The summed E-state index contributed by atoms with van der Waals surface area (Å²) in [6, 6.07) is 14.5. The third kappa shape index (κ3) is 6.47. The van der Waals surface area contributed by atoms with Crippen molar-refractivity contribution >= 4 is 22.4 Å². The first-order chi connectivity index (χ1) is 19.4. The molecule has 2 aromatic carbocycles. The van der Waals surface area contributed by atoms with Crippen molar-refractivity contribution in [3.63, 3.8) is 0 Å². The molecular weight excluding hydrogens is 524 g/mol. The number of morpholine rings is 1. The average Bonchev–Trinajstić information content (AvgIpc) is 3.47. The highest BCUT2D eigenvalue weighted by molar-refractivity contribution is 7.14. The first kappa shape index (κ1) is 28.1. The summed E-state index contributed by atoms with van der Waals surface area (Å²) < 4.78 is 16.7. The molecule has 2 aliphatic heterocycles. The van der Waals surface area contributed by atoms with Gasteiger partial charge in [0, 0.05) is 49.2 Å². The van der Waals surface area contributed by atoms with Gasteiger partial charge in [-0.05, 0) is 43.0 Å². The van der Waals surface area contributed by atoms with Crippen molar-refractivity contribution in [2.45, 2.75) is 33.4 Å². The van der Waals surface area contributed by atoms with Crippen LogP contribution in [0.1, 0.15) is 35.6 Å². The second-order valence-corrected chi connectivity index (χ2v) is 11.5. The topological polar surface area (TPSA) is 87.9 Å². The van der Waals surface area contributed by atoms with Gasteiger partial charge in [-0.25, -0.2) is 4.98 Å². The summed E-state index contributed by atoms with van der Waals surface area (Å²) in [6.45, 7) is 10.1.